The number of carbonyl (C=O) groups is 1. The smallest absolute Gasteiger partial charge is 0.234 e. The molecule has 4 nitrogen and oxygen atoms in total. The van der Waals surface area contributed by atoms with Gasteiger partial charge in [-0.3, -0.25) is 4.79 Å². The Hall–Kier alpha value is -0.620. The van der Waals surface area contributed by atoms with E-state index in [1.54, 1.807) is 18.0 Å². The fourth-order valence-electron chi connectivity index (χ4n) is 1.61. The molecule has 1 aromatic heterocycles. The predicted octanol–water partition coefficient (Wildman–Crippen LogP) is 1.44. The molecule has 0 aromatic carbocycles. The lowest BCUT2D eigenvalue weighted by atomic mass is 10.4. The van der Waals surface area contributed by atoms with Crippen LogP contribution in [0.3, 0.4) is 0 Å². The number of aromatic amines is 1. The molecule has 1 aromatic rings. The molecule has 1 aliphatic rings. The Kier molecular flexibility index (Phi) is 4.79. The number of aryl methyl sites for hydroxylation is 1. The van der Waals surface area contributed by atoms with Gasteiger partial charge in [-0.05, 0) is 0 Å². The second-order valence-electron chi connectivity index (χ2n) is 3.86. The first-order valence-electron chi connectivity index (χ1n) is 5.79. The number of carbonyl (C=O) groups excluding carboxylic acids is 1. The van der Waals surface area contributed by atoms with Crippen LogP contribution in [0, 0.1) is 0 Å². The molecule has 1 fully saturated rings. The van der Waals surface area contributed by atoms with Crippen LogP contribution in [-0.2, 0) is 17.8 Å². The molecule has 1 aliphatic heterocycles. The monoisotopic (exact) mass is 271 g/mol. The molecule has 0 radical (unpaired) electrons. The number of imidazole rings is 1. The number of nitrogens with one attached hydrogen (secondary N) is 2. The maximum absolute atomic E-state index is 11.9. The summed E-state index contributed by atoms with van der Waals surface area (Å²) < 4.78 is 0. The van der Waals surface area contributed by atoms with E-state index in [9.17, 15) is 4.79 Å². The van der Waals surface area contributed by atoms with Gasteiger partial charge >= 0.3 is 0 Å². The van der Waals surface area contributed by atoms with Crippen molar-refractivity contribution >= 4 is 29.4 Å². The van der Waals surface area contributed by atoms with Crippen LogP contribution in [-0.4, -0.2) is 38.4 Å². The maximum atomic E-state index is 11.9. The number of nitrogens with zero attached hydrogens (tertiary/aromatic N) is 1. The van der Waals surface area contributed by atoms with E-state index in [0.717, 1.165) is 35.2 Å². The maximum Gasteiger partial charge on any atom is 0.234 e. The molecule has 1 saturated heterocycles. The minimum Gasteiger partial charge on any atom is -0.349 e. The minimum absolute atomic E-state index is 0.113. The SMILES string of the molecule is CCc1ncc(CNC(=O)C2CSCCS2)[nH]1. The molecule has 1 atom stereocenters. The molecule has 0 saturated carbocycles. The van der Waals surface area contributed by atoms with Crippen molar-refractivity contribution in [1.29, 1.82) is 0 Å². The molecule has 2 heterocycles. The highest BCUT2D eigenvalue weighted by molar-refractivity contribution is 8.07. The van der Waals surface area contributed by atoms with Crippen LogP contribution in [0.25, 0.3) is 0 Å². The summed E-state index contributed by atoms with van der Waals surface area (Å²) in [6, 6.07) is 0. The fourth-order valence-corrected chi connectivity index (χ4v) is 4.19. The number of H-pyrrole nitrogens is 1. The van der Waals surface area contributed by atoms with Gasteiger partial charge in [0.15, 0.2) is 0 Å². The summed E-state index contributed by atoms with van der Waals surface area (Å²) in [4.78, 5) is 19.3. The zero-order chi connectivity index (χ0) is 12.1. The normalized spacial score (nSPS) is 20.2. The molecule has 2 rings (SSSR count). The molecule has 6 heteroatoms. The lowest BCUT2D eigenvalue weighted by Gasteiger charge is -2.19. The first-order chi connectivity index (χ1) is 8.29. The topological polar surface area (TPSA) is 57.8 Å². The minimum atomic E-state index is 0.113. The van der Waals surface area contributed by atoms with Crippen molar-refractivity contribution in [3.63, 3.8) is 0 Å². The quantitative estimate of drug-likeness (QED) is 0.870. The Bertz CT molecular complexity index is 375. The van der Waals surface area contributed by atoms with Gasteiger partial charge in [0.05, 0.1) is 23.7 Å². The molecule has 94 valence electrons. The van der Waals surface area contributed by atoms with Crippen molar-refractivity contribution < 1.29 is 4.79 Å². The first kappa shape index (κ1) is 12.8. The van der Waals surface area contributed by atoms with Gasteiger partial charge in [0.25, 0.3) is 0 Å². The third-order valence-corrected chi connectivity index (χ3v) is 5.33. The highest BCUT2D eigenvalue weighted by Crippen LogP contribution is 2.23. The first-order valence-corrected chi connectivity index (χ1v) is 7.99. The molecule has 1 amide bonds. The summed E-state index contributed by atoms with van der Waals surface area (Å²) in [5.41, 5.74) is 0.976. The van der Waals surface area contributed by atoms with Crippen molar-refractivity contribution in [1.82, 2.24) is 15.3 Å². The van der Waals surface area contributed by atoms with Gasteiger partial charge < -0.3 is 10.3 Å². The summed E-state index contributed by atoms with van der Waals surface area (Å²) >= 11 is 3.62. The van der Waals surface area contributed by atoms with Crippen LogP contribution in [0.2, 0.25) is 0 Å². The van der Waals surface area contributed by atoms with E-state index in [-0.39, 0.29) is 11.2 Å². The summed E-state index contributed by atoms with van der Waals surface area (Å²) in [6.07, 6.45) is 2.69. The second kappa shape index (κ2) is 6.35. The number of hydrogen-bond acceptors (Lipinski definition) is 4. The lowest BCUT2D eigenvalue weighted by molar-refractivity contribution is -0.120. The fraction of sp³-hybridized carbons (Fsp3) is 0.636. The van der Waals surface area contributed by atoms with Crippen LogP contribution in [0.15, 0.2) is 6.20 Å². The van der Waals surface area contributed by atoms with Gasteiger partial charge in [0, 0.05) is 23.7 Å². The Labute approximate surface area is 110 Å². The van der Waals surface area contributed by atoms with Crippen LogP contribution in [0.1, 0.15) is 18.4 Å². The number of thioether (sulfide) groups is 2. The van der Waals surface area contributed by atoms with Crippen LogP contribution >= 0.6 is 23.5 Å². The lowest BCUT2D eigenvalue weighted by Crippen LogP contribution is -2.35. The van der Waals surface area contributed by atoms with E-state index in [0.29, 0.717) is 6.54 Å². The largest absolute Gasteiger partial charge is 0.349 e. The van der Waals surface area contributed by atoms with Crippen LogP contribution in [0.4, 0.5) is 0 Å². The molecule has 0 spiro atoms. The summed E-state index contributed by atoms with van der Waals surface area (Å²) in [5, 5.41) is 3.07. The molecule has 2 N–H and O–H groups in total. The Morgan fingerprint density at radius 3 is 3.18 bits per heavy atom. The Balaban J connectivity index is 1.78. The number of amides is 1. The van der Waals surface area contributed by atoms with E-state index in [2.05, 4.69) is 22.2 Å². The molecule has 0 aliphatic carbocycles. The standard InChI is InChI=1S/C11H17N3OS2/c1-2-10-12-5-8(14-10)6-13-11(15)9-7-16-3-4-17-9/h5,9H,2-4,6-7H2,1H3,(H,12,14)(H,13,15). The zero-order valence-corrected chi connectivity index (χ0v) is 11.5. The van der Waals surface area contributed by atoms with Gasteiger partial charge in [-0.1, -0.05) is 6.92 Å². The highest BCUT2D eigenvalue weighted by atomic mass is 32.2. The van der Waals surface area contributed by atoms with Crippen molar-refractivity contribution in [2.45, 2.75) is 25.1 Å². The molecule has 0 bridgehead atoms. The van der Waals surface area contributed by atoms with Gasteiger partial charge in [0.1, 0.15) is 5.82 Å². The van der Waals surface area contributed by atoms with E-state index in [1.807, 2.05) is 11.8 Å². The molecular weight excluding hydrogens is 254 g/mol. The van der Waals surface area contributed by atoms with Gasteiger partial charge in [-0.2, -0.15) is 11.8 Å². The average Bonchev–Trinajstić information content (AvgIpc) is 2.85. The van der Waals surface area contributed by atoms with E-state index in [1.165, 1.54) is 0 Å². The third-order valence-electron chi connectivity index (χ3n) is 2.58. The molecule has 1 unspecified atom stereocenters. The summed E-state index contributed by atoms with van der Waals surface area (Å²) in [6.45, 7) is 2.60. The molecule has 17 heavy (non-hydrogen) atoms. The van der Waals surface area contributed by atoms with Crippen LogP contribution in [0.5, 0.6) is 0 Å². The highest BCUT2D eigenvalue weighted by Gasteiger charge is 2.21. The van der Waals surface area contributed by atoms with E-state index in [4.69, 9.17) is 0 Å². The number of aromatic nitrogens is 2. The van der Waals surface area contributed by atoms with Crippen molar-refractivity contribution in [3.05, 3.63) is 17.7 Å². The van der Waals surface area contributed by atoms with Crippen molar-refractivity contribution in [2.75, 3.05) is 17.3 Å². The average molecular weight is 271 g/mol. The number of hydrogen-bond donors (Lipinski definition) is 2. The van der Waals surface area contributed by atoms with Crippen molar-refractivity contribution in [3.8, 4) is 0 Å². The third kappa shape index (κ3) is 3.67. The van der Waals surface area contributed by atoms with Gasteiger partial charge in [0.2, 0.25) is 5.91 Å². The van der Waals surface area contributed by atoms with Gasteiger partial charge in [-0.25, -0.2) is 4.98 Å². The van der Waals surface area contributed by atoms with Crippen LogP contribution < -0.4 is 5.32 Å². The van der Waals surface area contributed by atoms with Gasteiger partial charge in [-0.15, -0.1) is 11.8 Å². The number of rotatable bonds is 4. The predicted molar refractivity (Wildman–Crippen MR) is 73.4 cm³/mol. The Morgan fingerprint density at radius 1 is 1.65 bits per heavy atom. The zero-order valence-electron chi connectivity index (χ0n) is 9.86. The van der Waals surface area contributed by atoms with Crippen molar-refractivity contribution in [2.24, 2.45) is 0 Å². The molecular formula is C11H17N3OS2. The second-order valence-corrected chi connectivity index (χ2v) is 6.32. The summed E-state index contributed by atoms with van der Waals surface area (Å²) in [7, 11) is 0. The summed E-state index contributed by atoms with van der Waals surface area (Å²) in [5.74, 6) is 4.29. The Morgan fingerprint density at radius 2 is 2.53 bits per heavy atom. The van der Waals surface area contributed by atoms with E-state index < -0.39 is 0 Å². The van der Waals surface area contributed by atoms with E-state index >= 15 is 0 Å².